The number of halogens is 2. The number of allylic oxidation sites excluding steroid dienone is 1. The molecule has 0 saturated heterocycles. The van der Waals surface area contributed by atoms with E-state index in [-0.39, 0.29) is 1.93 Å². The fraction of sp³-hybridized carbons (Fsp3) is 0.500. The van der Waals surface area contributed by atoms with E-state index in [1.165, 1.54) is 6.08 Å². The first-order valence-electron chi connectivity index (χ1n) is 2.06. The summed E-state index contributed by atoms with van der Waals surface area (Å²) in [6.45, 7) is 0. The van der Waals surface area contributed by atoms with Crippen molar-refractivity contribution in [1.82, 2.24) is 0 Å². The highest BCUT2D eigenvalue weighted by Crippen LogP contribution is 2.11. The molecule has 0 aromatic carbocycles. The Morgan fingerprint density at radius 3 is 1.78 bits per heavy atom. The molecule has 0 rings (SSSR count). The first kappa shape index (κ1) is 10.1. The van der Waals surface area contributed by atoms with Crippen LogP contribution in [0.4, 0.5) is 0 Å². The number of hydrogen-bond acceptors (Lipinski definition) is 3. The van der Waals surface area contributed by atoms with Crippen LogP contribution in [0.2, 0.25) is 0 Å². The van der Waals surface area contributed by atoms with Gasteiger partial charge in [0.2, 0.25) is 0 Å². The van der Waals surface area contributed by atoms with Crippen molar-refractivity contribution >= 4 is 45.2 Å². The van der Waals surface area contributed by atoms with E-state index < -0.39 is 5.97 Å². The highest BCUT2D eigenvalue weighted by molar-refractivity contribution is 14.2. The summed E-state index contributed by atoms with van der Waals surface area (Å²) in [4.78, 5) is 0. The summed E-state index contributed by atoms with van der Waals surface area (Å²) in [5.41, 5.74) is 0. The van der Waals surface area contributed by atoms with Crippen LogP contribution < -0.4 is 0 Å². The normalized spacial score (nSPS) is 13.6. The zero-order valence-electron chi connectivity index (χ0n) is 4.33. The monoisotopic (exact) mass is 356 g/mol. The van der Waals surface area contributed by atoms with Crippen molar-refractivity contribution in [3.05, 3.63) is 12.2 Å². The van der Waals surface area contributed by atoms with E-state index in [1.807, 2.05) is 45.2 Å². The molecule has 0 aliphatic rings. The molecule has 54 valence electrons. The van der Waals surface area contributed by atoms with Crippen molar-refractivity contribution in [2.75, 3.05) is 0 Å². The van der Waals surface area contributed by atoms with Gasteiger partial charge in [-0.15, -0.1) is 0 Å². The molecule has 3 N–H and O–H groups in total. The lowest BCUT2D eigenvalue weighted by Crippen LogP contribution is -2.23. The molecule has 0 fully saturated rings. The van der Waals surface area contributed by atoms with Gasteiger partial charge in [0.15, 0.2) is 0 Å². The first-order chi connectivity index (χ1) is 3.92. The average molecular weight is 356 g/mol. The van der Waals surface area contributed by atoms with Crippen LogP contribution in [-0.2, 0) is 0 Å². The van der Waals surface area contributed by atoms with E-state index in [4.69, 9.17) is 15.3 Å². The van der Waals surface area contributed by atoms with Crippen molar-refractivity contribution in [1.29, 1.82) is 0 Å². The molecule has 0 aromatic heterocycles. The Balaban J connectivity index is 3.71. The van der Waals surface area contributed by atoms with Crippen LogP contribution in [0.5, 0.6) is 0 Å². The molecule has 0 atom stereocenters. The maximum absolute atomic E-state index is 8.28. The van der Waals surface area contributed by atoms with E-state index in [1.54, 1.807) is 0 Å². The minimum Gasteiger partial charge on any atom is -0.340 e. The van der Waals surface area contributed by atoms with Gasteiger partial charge in [-0.2, -0.15) is 0 Å². The molecule has 9 heavy (non-hydrogen) atoms. The number of rotatable bonds is 2. The number of alkyl halides is 2. The van der Waals surface area contributed by atoms with Gasteiger partial charge in [0.05, 0.1) is 1.93 Å². The van der Waals surface area contributed by atoms with Crippen molar-refractivity contribution in [2.24, 2.45) is 0 Å². The molecule has 0 bridgehead atoms. The SMILES string of the molecule is OC(O)(O)C=CC(I)I. The van der Waals surface area contributed by atoms with Crippen LogP contribution in [0, 0.1) is 0 Å². The molecule has 0 aliphatic carbocycles. The zero-order chi connectivity index (χ0) is 7.49. The van der Waals surface area contributed by atoms with Crippen LogP contribution in [0.25, 0.3) is 0 Å². The summed E-state index contributed by atoms with van der Waals surface area (Å²) < 4.78 is 0.144. The maximum Gasteiger partial charge on any atom is 0.297 e. The van der Waals surface area contributed by atoms with Crippen LogP contribution in [-0.4, -0.2) is 23.2 Å². The topological polar surface area (TPSA) is 60.7 Å². The van der Waals surface area contributed by atoms with Crippen LogP contribution in [0.15, 0.2) is 12.2 Å². The Kier molecular flexibility index (Phi) is 4.55. The van der Waals surface area contributed by atoms with E-state index in [0.29, 0.717) is 0 Å². The molecule has 0 aliphatic heterocycles. The summed E-state index contributed by atoms with van der Waals surface area (Å²) in [5, 5.41) is 24.9. The smallest absolute Gasteiger partial charge is 0.297 e. The predicted octanol–water partition coefficient (Wildman–Crippen LogP) is 0.369. The van der Waals surface area contributed by atoms with Gasteiger partial charge >= 0.3 is 0 Å². The maximum atomic E-state index is 8.28. The standard InChI is InChI=1S/C4H6I2O3/c5-3(6)1-2-4(7,8)9/h1-3,7-9H. The van der Waals surface area contributed by atoms with E-state index >= 15 is 0 Å². The molecule has 0 amide bonds. The van der Waals surface area contributed by atoms with Crippen LogP contribution in [0.3, 0.4) is 0 Å². The molecule has 0 heterocycles. The molecular formula is C4H6I2O3. The fourth-order valence-corrected chi connectivity index (χ4v) is 0.617. The summed E-state index contributed by atoms with van der Waals surface area (Å²) in [5.74, 6) is -2.66. The van der Waals surface area contributed by atoms with Gasteiger partial charge in [0, 0.05) is 6.08 Å². The molecule has 0 aromatic rings. The molecule has 3 nitrogen and oxygen atoms in total. The zero-order valence-corrected chi connectivity index (χ0v) is 8.64. The Hall–Kier alpha value is 1.08. The van der Waals surface area contributed by atoms with E-state index in [0.717, 1.165) is 6.08 Å². The van der Waals surface area contributed by atoms with Gasteiger partial charge in [0.1, 0.15) is 0 Å². The Bertz CT molecular complexity index is 105. The van der Waals surface area contributed by atoms with Gasteiger partial charge < -0.3 is 15.3 Å². The van der Waals surface area contributed by atoms with Crippen molar-refractivity contribution in [3.8, 4) is 0 Å². The lowest BCUT2D eigenvalue weighted by Gasteiger charge is -2.06. The molecule has 0 unspecified atom stereocenters. The molecule has 0 saturated carbocycles. The summed E-state index contributed by atoms with van der Waals surface area (Å²) >= 11 is 4.10. The number of hydrogen-bond donors (Lipinski definition) is 3. The van der Waals surface area contributed by atoms with Crippen LogP contribution in [0.1, 0.15) is 0 Å². The third-order valence-corrected chi connectivity index (χ3v) is 1.30. The highest BCUT2D eigenvalue weighted by atomic mass is 127. The summed E-state index contributed by atoms with van der Waals surface area (Å²) in [6, 6.07) is 0. The minimum absolute atomic E-state index is 0.144. The van der Waals surface area contributed by atoms with E-state index in [2.05, 4.69) is 0 Å². The van der Waals surface area contributed by atoms with Crippen molar-refractivity contribution in [3.63, 3.8) is 0 Å². The highest BCUT2D eigenvalue weighted by Gasteiger charge is 2.11. The fourth-order valence-electron chi connectivity index (χ4n) is 0.202. The summed E-state index contributed by atoms with van der Waals surface area (Å²) in [7, 11) is 0. The minimum atomic E-state index is -2.66. The number of aliphatic hydroxyl groups is 3. The third kappa shape index (κ3) is 9.08. The molecule has 0 radical (unpaired) electrons. The lowest BCUT2D eigenvalue weighted by atomic mass is 10.5. The Labute approximate surface area is 80.1 Å². The Morgan fingerprint density at radius 2 is 1.67 bits per heavy atom. The largest absolute Gasteiger partial charge is 0.340 e. The van der Waals surface area contributed by atoms with Gasteiger partial charge in [-0.1, -0.05) is 51.3 Å². The second-order valence-electron chi connectivity index (χ2n) is 1.38. The third-order valence-electron chi connectivity index (χ3n) is 0.465. The predicted molar refractivity (Wildman–Crippen MR) is 50.4 cm³/mol. The van der Waals surface area contributed by atoms with Crippen molar-refractivity contribution in [2.45, 2.75) is 7.90 Å². The van der Waals surface area contributed by atoms with Gasteiger partial charge in [-0.05, 0) is 0 Å². The van der Waals surface area contributed by atoms with Crippen LogP contribution >= 0.6 is 45.2 Å². The second kappa shape index (κ2) is 4.06. The molecule has 5 heteroatoms. The Morgan fingerprint density at radius 1 is 1.22 bits per heavy atom. The van der Waals surface area contributed by atoms with E-state index in [9.17, 15) is 0 Å². The lowest BCUT2D eigenvalue weighted by molar-refractivity contribution is -0.273. The first-order valence-corrected chi connectivity index (χ1v) is 4.55. The van der Waals surface area contributed by atoms with Crippen molar-refractivity contribution < 1.29 is 15.3 Å². The molecular weight excluding hydrogens is 350 g/mol. The average Bonchev–Trinajstić information content (AvgIpc) is 1.59. The summed E-state index contributed by atoms with van der Waals surface area (Å²) in [6.07, 6.45) is 2.39. The molecule has 0 spiro atoms. The van der Waals surface area contributed by atoms with Gasteiger partial charge in [-0.3, -0.25) is 0 Å². The van der Waals surface area contributed by atoms with Gasteiger partial charge in [0.25, 0.3) is 5.97 Å². The van der Waals surface area contributed by atoms with Gasteiger partial charge in [-0.25, -0.2) is 0 Å². The quantitative estimate of drug-likeness (QED) is 0.290. The second-order valence-corrected chi connectivity index (χ2v) is 6.45.